The Hall–Kier alpha value is -1.86. The van der Waals surface area contributed by atoms with Crippen molar-refractivity contribution in [2.24, 2.45) is 0 Å². The monoisotopic (exact) mass is 393 g/mol. The summed E-state index contributed by atoms with van der Waals surface area (Å²) in [4.78, 5) is 14.6. The molecule has 24 heavy (non-hydrogen) atoms. The quantitative estimate of drug-likeness (QED) is 0.864. The summed E-state index contributed by atoms with van der Waals surface area (Å²) in [5, 5.41) is 7.18. The van der Waals surface area contributed by atoms with E-state index in [9.17, 15) is 4.79 Å². The van der Waals surface area contributed by atoms with E-state index in [0.29, 0.717) is 17.9 Å². The van der Waals surface area contributed by atoms with Crippen LogP contribution >= 0.6 is 15.9 Å². The molecule has 3 rings (SSSR count). The van der Waals surface area contributed by atoms with Crippen LogP contribution < -0.4 is 10.1 Å². The van der Waals surface area contributed by atoms with E-state index in [1.54, 1.807) is 18.2 Å². The van der Waals surface area contributed by atoms with Crippen molar-refractivity contribution in [2.75, 3.05) is 19.6 Å². The average Bonchev–Trinajstić information content (AvgIpc) is 2.99. The number of carbonyl (C=O) groups is 1. The van der Waals surface area contributed by atoms with Crippen molar-refractivity contribution in [1.29, 1.82) is 0 Å². The van der Waals surface area contributed by atoms with Crippen LogP contribution in [0.3, 0.4) is 0 Å². The fraction of sp³-hybridized carbons (Fsp3) is 0.412. The third-order valence-corrected chi connectivity index (χ3v) is 4.61. The number of ether oxygens (including phenoxy) is 1. The summed E-state index contributed by atoms with van der Waals surface area (Å²) in [5.74, 6) is 1.46. The number of amides is 1. The molecule has 1 aliphatic rings. The maximum Gasteiger partial charge on any atom is 0.254 e. The van der Waals surface area contributed by atoms with E-state index in [2.05, 4.69) is 33.3 Å². The predicted octanol–water partition coefficient (Wildman–Crippen LogP) is 2.76. The predicted molar refractivity (Wildman–Crippen MR) is 93.1 cm³/mol. The Morgan fingerprint density at radius 3 is 3.00 bits per heavy atom. The summed E-state index contributed by atoms with van der Waals surface area (Å²) in [6.45, 7) is 6.58. The fourth-order valence-corrected chi connectivity index (χ4v) is 3.19. The molecule has 0 bridgehead atoms. The number of benzene rings is 1. The first-order chi connectivity index (χ1) is 11.5. The second-order valence-electron chi connectivity index (χ2n) is 5.91. The summed E-state index contributed by atoms with van der Waals surface area (Å²) in [6.07, 6.45) is 0. The molecule has 0 unspecified atom stereocenters. The van der Waals surface area contributed by atoms with Crippen molar-refractivity contribution in [2.45, 2.75) is 26.5 Å². The zero-order valence-electron chi connectivity index (χ0n) is 13.7. The first kappa shape index (κ1) is 17.0. The molecule has 0 spiro atoms. The molecule has 0 aliphatic carbocycles. The number of rotatable bonds is 4. The number of hydrogen-bond donors (Lipinski definition) is 1. The lowest BCUT2D eigenvalue weighted by atomic mass is 10.1. The Labute approximate surface area is 149 Å². The van der Waals surface area contributed by atoms with Gasteiger partial charge in [0.1, 0.15) is 23.8 Å². The van der Waals surface area contributed by atoms with Gasteiger partial charge in [-0.25, -0.2) is 0 Å². The number of halogens is 1. The molecule has 1 atom stereocenters. The van der Waals surface area contributed by atoms with E-state index < -0.39 is 0 Å². The zero-order valence-corrected chi connectivity index (χ0v) is 15.3. The van der Waals surface area contributed by atoms with Gasteiger partial charge in [-0.1, -0.05) is 5.16 Å². The topological polar surface area (TPSA) is 67.6 Å². The highest BCUT2D eigenvalue weighted by Crippen LogP contribution is 2.27. The van der Waals surface area contributed by atoms with Gasteiger partial charge >= 0.3 is 0 Å². The molecule has 2 aromatic rings. The molecule has 7 heteroatoms. The number of nitrogens with one attached hydrogen (secondary N) is 1. The molecule has 1 amide bonds. The minimum atomic E-state index is 0.0448. The van der Waals surface area contributed by atoms with Crippen LogP contribution in [-0.2, 0) is 6.61 Å². The van der Waals surface area contributed by atoms with Gasteiger partial charge in [0.25, 0.3) is 5.91 Å². The molecule has 1 N–H and O–H groups in total. The molecule has 2 heterocycles. The standard InChI is InChI=1S/C17H20BrN3O3/c1-11-9-19-5-6-21(11)17(22)13-3-4-16(15(18)8-13)23-10-14-7-12(2)24-20-14/h3-4,7-8,11,19H,5-6,9-10H2,1-2H3/t11-/m0/s1. The number of aromatic nitrogens is 1. The van der Waals surface area contributed by atoms with Gasteiger partial charge in [-0.3, -0.25) is 4.79 Å². The van der Waals surface area contributed by atoms with Crippen molar-refractivity contribution in [1.82, 2.24) is 15.4 Å². The van der Waals surface area contributed by atoms with Crippen LogP contribution in [0.5, 0.6) is 5.75 Å². The Kier molecular flexibility index (Phi) is 5.20. The normalized spacial score (nSPS) is 17.8. The van der Waals surface area contributed by atoms with E-state index in [1.165, 1.54) is 0 Å². The van der Waals surface area contributed by atoms with Gasteiger partial charge in [0, 0.05) is 37.3 Å². The summed E-state index contributed by atoms with van der Waals surface area (Å²) < 4.78 is 11.5. The van der Waals surface area contributed by atoms with Crippen molar-refractivity contribution in [3.05, 3.63) is 45.8 Å². The fourth-order valence-electron chi connectivity index (χ4n) is 2.70. The third-order valence-electron chi connectivity index (χ3n) is 3.99. The molecular formula is C17H20BrN3O3. The molecule has 1 saturated heterocycles. The molecule has 0 radical (unpaired) electrons. The second kappa shape index (κ2) is 7.36. The lowest BCUT2D eigenvalue weighted by Gasteiger charge is -2.34. The van der Waals surface area contributed by atoms with Gasteiger partial charge in [-0.05, 0) is 48.0 Å². The SMILES string of the molecule is Cc1cc(COc2ccc(C(=O)N3CCNC[C@@H]3C)cc2Br)no1. The largest absolute Gasteiger partial charge is 0.486 e. The van der Waals surface area contributed by atoms with Gasteiger partial charge in [0.2, 0.25) is 0 Å². The molecule has 128 valence electrons. The van der Waals surface area contributed by atoms with E-state index in [4.69, 9.17) is 9.26 Å². The smallest absolute Gasteiger partial charge is 0.254 e. The highest BCUT2D eigenvalue weighted by Gasteiger charge is 2.24. The van der Waals surface area contributed by atoms with Crippen molar-refractivity contribution in [3.8, 4) is 5.75 Å². The van der Waals surface area contributed by atoms with Crippen LogP contribution in [0.15, 0.2) is 33.3 Å². The first-order valence-corrected chi connectivity index (χ1v) is 8.70. The van der Waals surface area contributed by atoms with E-state index in [1.807, 2.05) is 17.9 Å². The maximum absolute atomic E-state index is 12.7. The summed E-state index contributed by atoms with van der Waals surface area (Å²) in [7, 11) is 0. The Bertz CT molecular complexity index is 732. The minimum Gasteiger partial charge on any atom is -0.486 e. The molecular weight excluding hydrogens is 374 g/mol. The maximum atomic E-state index is 12.7. The van der Waals surface area contributed by atoms with Gasteiger partial charge in [-0.15, -0.1) is 0 Å². The lowest BCUT2D eigenvalue weighted by Crippen LogP contribution is -2.52. The Balaban J connectivity index is 1.68. The van der Waals surface area contributed by atoms with Crippen molar-refractivity contribution in [3.63, 3.8) is 0 Å². The summed E-state index contributed by atoms with van der Waals surface area (Å²) in [5.41, 5.74) is 1.38. The molecule has 0 saturated carbocycles. The van der Waals surface area contributed by atoms with E-state index in [-0.39, 0.29) is 11.9 Å². The van der Waals surface area contributed by atoms with Crippen molar-refractivity contribution >= 4 is 21.8 Å². The van der Waals surface area contributed by atoms with Crippen LogP contribution in [0.25, 0.3) is 0 Å². The minimum absolute atomic E-state index is 0.0448. The van der Waals surface area contributed by atoms with Crippen LogP contribution in [0.4, 0.5) is 0 Å². The van der Waals surface area contributed by atoms with Crippen LogP contribution in [0, 0.1) is 6.92 Å². The van der Waals surface area contributed by atoms with Gasteiger partial charge in [0.05, 0.1) is 4.47 Å². The second-order valence-corrected chi connectivity index (χ2v) is 6.77. The van der Waals surface area contributed by atoms with Crippen LogP contribution in [-0.4, -0.2) is 41.6 Å². The number of aryl methyl sites for hydroxylation is 1. The van der Waals surface area contributed by atoms with E-state index in [0.717, 1.165) is 35.6 Å². The zero-order chi connectivity index (χ0) is 17.1. The van der Waals surface area contributed by atoms with Gasteiger partial charge in [-0.2, -0.15) is 0 Å². The van der Waals surface area contributed by atoms with Crippen molar-refractivity contribution < 1.29 is 14.1 Å². The Morgan fingerprint density at radius 2 is 2.33 bits per heavy atom. The molecule has 1 fully saturated rings. The van der Waals surface area contributed by atoms with E-state index >= 15 is 0 Å². The number of nitrogens with zero attached hydrogens (tertiary/aromatic N) is 2. The number of piperazine rings is 1. The number of hydrogen-bond acceptors (Lipinski definition) is 5. The van der Waals surface area contributed by atoms with Crippen LogP contribution in [0.1, 0.15) is 28.7 Å². The summed E-state index contributed by atoms with van der Waals surface area (Å²) >= 11 is 3.48. The van der Waals surface area contributed by atoms with Crippen LogP contribution in [0.2, 0.25) is 0 Å². The lowest BCUT2D eigenvalue weighted by molar-refractivity contribution is 0.0655. The average molecular weight is 394 g/mol. The summed E-state index contributed by atoms with van der Waals surface area (Å²) in [6, 6.07) is 7.43. The Morgan fingerprint density at radius 1 is 1.50 bits per heavy atom. The highest BCUT2D eigenvalue weighted by atomic mass is 79.9. The molecule has 1 aromatic heterocycles. The molecule has 1 aromatic carbocycles. The first-order valence-electron chi connectivity index (χ1n) is 7.91. The van der Waals surface area contributed by atoms with Gasteiger partial charge < -0.3 is 19.5 Å². The third kappa shape index (κ3) is 3.79. The molecule has 6 nitrogen and oxygen atoms in total. The number of carbonyl (C=O) groups excluding carboxylic acids is 1. The highest BCUT2D eigenvalue weighted by molar-refractivity contribution is 9.10. The molecule has 1 aliphatic heterocycles. The van der Waals surface area contributed by atoms with Gasteiger partial charge in [0.15, 0.2) is 0 Å².